The van der Waals surface area contributed by atoms with Gasteiger partial charge in [0.05, 0.1) is 0 Å². The molecule has 1 fully saturated rings. The van der Waals surface area contributed by atoms with Gasteiger partial charge in [-0.1, -0.05) is 5.92 Å². The number of anilines is 2. The van der Waals surface area contributed by atoms with E-state index >= 15 is 0 Å². The minimum Gasteiger partial charge on any atom is -0.312 e. The summed E-state index contributed by atoms with van der Waals surface area (Å²) in [7, 11) is -3.49. The Labute approximate surface area is 112 Å². The number of rotatable bonds is 4. The van der Waals surface area contributed by atoms with Crippen LogP contribution >= 0.6 is 0 Å². The zero-order valence-corrected chi connectivity index (χ0v) is 11.1. The van der Waals surface area contributed by atoms with E-state index in [1.165, 1.54) is 0 Å². The molecule has 1 heterocycles. The SMILES string of the molecule is C#CCS(=O)(=O)Nc1ccc(N2CCCC2=O)cc1. The fraction of sp³-hybridized carbons (Fsp3) is 0.308. The van der Waals surface area contributed by atoms with Crippen LogP contribution in [0.3, 0.4) is 0 Å². The number of nitrogens with zero attached hydrogens (tertiary/aromatic N) is 1. The zero-order valence-electron chi connectivity index (χ0n) is 10.3. The van der Waals surface area contributed by atoms with Gasteiger partial charge in [-0.3, -0.25) is 9.52 Å². The molecule has 2 rings (SSSR count). The number of nitrogens with one attached hydrogen (secondary N) is 1. The molecule has 5 nitrogen and oxygen atoms in total. The van der Waals surface area contributed by atoms with Gasteiger partial charge in [0.2, 0.25) is 15.9 Å². The number of carbonyl (C=O) groups is 1. The van der Waals surface area contributed by atoms with Gasteiger partial charge in [-0.05, 0) is 30.7 Å². The number of amides is 1. The number of benzene rings is 1. The van der Waals surface area contributed by atoms with Crippen LogP contribution in [0.4, 0.5) is 11.4 Å². The van der Waals surface area contributed by atoms with Gasteiger partial charge >= 0.3 is 0 Å². The van der Waals surface area contributed by atoms with Crippen LogP contribution in [-0.2, 0) is 14.8 Å². The third-order valence-electron chi connectivity index (χ3n) is 2.80. The number of sulfonamides is 1. The van der Waals surface area contributed by atoms with Crippen LogP contribution < -0.4 is 9.62 Å². The van der Waals surface area contributed by atoms with Crippen molar-refractivity contribution in [3.63, 3.8) is 0 Å². The minimum absolute atomic E-state index is 0.0978. The summed E-state index contributed by atoms with van der Waals surface area (Å²) in [6, 6.07) is 6.68. The molecule has 0 aliphatic carbocycles. The van der Waals surface area contributed by atoms with E-state index in [-0.39, 0.29) is 11.7 Å². The summed E-state index contributed by atoms with van der Waals surface area (Å²) in [6.45, 7) is 0.709. The summed E-state index contributed by atoms with van der Waals surface area (Å²) >= 11 is 0. The van der Waals surface area contributed by atoms with Gasteiger partial charge in [-0.2, -0.15) is 0 Å². The van der Waals surface area contributed by atoms with Gasteiger partial charge in [0.1, 0.15) is 5.75 Å². The van der Waals surface area contributed by atoms with Crippen molar-refractivity contribution in [3.05, 3.63) is 24.3 Å². The largest absolute Gasteiger partial charge is 0.312 e. The Morgan fingerprint density at radius 3 is 2.53 bits per heavy atom. The maximum absolute atomic E-state index is 11.6. The van der Waals surface area contributed by atoms with Crippen molar-refractivity contribution in [1.82, 2.24) is 0 Å². The molecular formula is C13H14N2O3S. The molecule has 0 atom stereocenters. The molecule has 0 unspecified atom stereocenters. The second kappa shape index (κ2) is 5.33. The van der Waals surface area contributed by atoms with Gasteiger partial charge in [0, 0.05) is 24.3 Å². The Balaban J connectivity index is 2.11. The van der Waals surface area contributed by atoms with Crippen molar-refractivity contribution in [1.29, 1.82) is 0 Å². The molecule has 0 bridgehead atoms. The molecule has 6 heteroatoms. The van der Waals surface area contributed by atoms with Crippen LogP contribution in [0, 0.1) is 12.3 Å². The van der Waals surface area contributed by atoms with Gasteiger partial charge in [-0.15, -0.1) is 6.42 Å². The Kier molecular flexibility index (Phi) is 3.76. The molecule has 19 heavy (non-hydrogen) atoms. The second-order valence-electron chi connectivity index (χ2n) is 4.26. The number of hydrogen-bond donors (Lipinski definition) is 1. The molecule has 1 aliphatic rings. The molecule has 1 aromatic carbocycles. The predicted molar refractivity (Wildman–Crippen MR) is 74.3 cm³/mol. The minimum atomic E-state index is -3.49. The van der Waals surface area contributed by atoms with Crippen LogP contribution in [0.2, 0.25) is 0 Å². The molecule has 100 valence electrons. The maximum Gasteiger partial charge on any atom is 0.244 e. The topological polar surface area (TPSA) is 66.5 Å². The quantitative estimate of drug-likeness (QED) is 0.841. The highest BCUT2D eigenvalue weighted by Crippen LogP contribution is 2.23. The first-order chi connectivity index (χ1) is 9.02. The van der Waals surface area contributed by atoms with Crippen LogP contribution in [0.15, 0.2) is 24.3 Å². The van der Waals surface area contributed by atoms with Crippen molar-refractivity contribution in [3.8, 4) is 12.3 Å². The Hall–Kier alpha value is -2.00. The number of carbonyl (C=O) groups excluding carboxylic acids is 1. The monoisotopic (exact) mass is 278 g/mol. The highest BCUT2D eigenvalue weighted by Gasteiger charge is 2.21. The van der Waals surface area contributed by atoms with E-state index < -0.39 is 10.0 Å². The van der Waals surface area contributed by atoms with Crippen molar-refractivity contribution >= 4 is 27.3 Å². The van der Waals surface area contributed by atoms with Crippen LogP contribution in [0.25, 0.3) is 0 Å². The molecule has 1 saturated heterocycles. The smallest absolute Gasteiger partial charge is 0.244 e. The lowest BCUT2D eigenvalue weighted by Gasteiger charge is -2.16. The molecule has 1 N–H and O–H groups in total. The lowest BCUT2D eigenvalue weighted by atomic mass is 10.2. The molecule has 0 aromatic heterocycles. The highest BCUT2D eigenvalue weighted by molar-refractivity contribution is 7.92. The van der Waals surface area contributed by atoms with Gasteiger partial charge in [-0.25, -0.2) is 8.42 Å². The average Bonchev–Trinajstić information content (AvgIpc) is 2.76. The predicted octanol–water partition coefficient (Wildman–Crippen LogP) is 1.19. The molecule has 1 amide bonds. The van der Waals surface area contributed by atoms with E-state index in [1.807, 2.05) is 0 Å². The van der Waals surface area contributed by atoms with E-state index in [2.05, 4.69) is 10.6 Å². The van der Waals surface area contributed by atoms with Crippen molar-refractivity contribution in [2.24, 2.45) is 0 Å². The first kappa shape index (κ1) is 13.4. The fourth-order valence-corrected chi connectivity index (χ4v) is 2.74. The summed E-state index contributed by atoms with van der Waals surface area (Å²) in [5.41, 5.74) is 1.22. The highest BCUT2D eigenvalue weighted by atomic mass is 32.2. The lowest BCUT2D eigenvalue weighted by Crippen LogP contribution is -2.23. The standard InChI is InChI=1S/C13H14N2O3S/c1-2-10-19(17,18)14-11-5-7-12(8-6-11)15-9-3-4-13(15)16/h1,5-8,14H,3-4,9-10H2. The van der Waals surface area contributed by atoms with E-state index in [0.29, 0.717) is 18.7 Å². The zero-order chi connectivity index (χ0) is 13.9. The summed E-state index contributed by atoms with van der Waals surface area (Å²) in [6.07, 6.45) is 6.40. The normalized spacial score (nSPS) is 15.3. The van der Waals surface area contributed by atoms with Crippen LogP contribution in [0.1, 0.15) is 12.8 Å². The molecule has 1 aromatic rings. The Morgan fingerprint density at radius 2 is 2.00 bits per heavy atom. The Morgan fingerprint density at radius 1 is 1.32 bits per heavy atom. The number of terminal acetylenes is 1. The summed E-state index contributed by atoms with van der Waals surface area (Å²) < 4.78 is 25.3. The van der Waals surface area contributed by atoms with Crippen molar-refractivity contribution in [2.45, 2.75) is 12.8 Å². The van der Waals surface area contributed by atoms with E-state index in [4.69, 9.17) is 6.42 Å². The maximum atomic E-state index is 11.6. The van der Waals surface area contributed by atoms with E-state index in [1.54, 1.807) is 29.2 Å². The molecule has 1 aliphatic heterocycles. The van der Waals surface area contributed by atoms with Crippen molar-refractivity contribution in [2.75, 3.05) is 21.9 Å². The number of hydrogen-bond acceptors (Lipinski definition) is 3. The first-order valence-electron chi connectivity index (χ1n) is 5.86. The average molecular weight is 278 g/mol. The lowest BCUT2D eigenvalue weighted by molar-refractivity contribution is -0.117. The summed E-state index contributed by atoms with van der Waals surface area (Å²) in [5, 5.41) is 0. The van der Waals surface area contributed by atoms with Crippen LogP contribution in [-0.4, -0.2) is 26.6 Å². The van der Waals surface area contributed by atoms with E-state index in [0.717, 1.165) is 12.1 Å². The third-order valence-corrected chi connectivity index (χ3v) is 3.89. The van der Waals surface area contributed by atoms with E-state index in [9.17, 15) is 13.2 Å². The van der Waals surface area contributed by atoms with Gasteiger partial charge in [0.15, 0.2) is 0 Å². The molecular weight excluding hydrogens is 264 g/mol. The summed E-state index contributed by atoms with van der Waals surface area (Å²) in [5.74, 6) is 1.82. The second-order valence-corrected chi connectivity index (χ2v) is 5.98. The summed E-state index contributed by atoms with van der Waals surface area (Å²) in [4.78, 5) is 13.3. The molecule has 0 radical (unpaired) electrons. The fourth-order valence-electron chi connectivity index (χ4n) is 1.96. The molecule has 0 saturated carbocycles. The molecule has 0 spiro atoms. The van der Waals surface area contributed by atoms with Crippen molar-refractivity contribution < 1.29 is 13.2 Å². The van der Waals surface area contributed by atoms with Crippen LogP contribution in [0.5, 0.6) is 0 Å². The van der Waals surface area contributed by atoms with Gasteiger partial charge < -0.3 is 4.90 Å². The van der Waals surface area contributed by atoms with Gasteiger partial charge in [0.25, 0.3) is 0 Å². The first-order valence-corrected chi connectivity index (χ1v) is 7.51. The third kappa shape index (κ3) is 3.26. The Bertz CT molecular complexity index is 614.